The lowest BCUT2D eigenvalue weighted by Crippen LogP contribution is -1.98. The first-order valence-electron chi connectivity index (χ1n) is 5.61. The summed E-state index contributed by atoms with van der Waals surface area (Å²) in [7, 11) is 1.59. The van der Waals surface area contributed by atoms with E-state index in [1.165, 1.54) is 0 Å². The number of methoxy groups -OCH3 is 1. The fourth-order valence-corrected chi connectivity index (χ4v) is 2.43. The molecule has 0 atom stereocenters. The van der Waals surface area contributed by atoms with Crippen molar-refractivity contribution >= 4 is 33.4 Å². The average Bonchev–Trinajstić information content (AvgIpc) is 2.74. The molecule has 0 bridgehead atoms. The summed E-state index contributed by atoms with van der Waals surface area (Å²) < 4.78 is 10.3. The number of ether oxygens (including phenoxy) is 2. The van der Waals surface area contributed by atoms with Crippen molar-refractivity contribution in [1.82, 2.24) is 4.98 Å². The Morgan fingerprint density at radius 1 is 1.17 bits per heavy atom. The van der Waals surface area contributed by atoms with E-state index >= 15 is 0 Å². The predicted octanol–water partition coefficient (Wildman–Crippen LogP) is 3.96. The zero-order chi connectivity index (χ0) is 12.5. The summed E-state index contributed by atoms with van der Waals surface area (Å²) in [5.41, 5.74) is 2.04. The van der Waals surface area contributed by atoms with Gasteiger partial charge < -0.3 is 14.5 Å². The smallest absolute Gasteiger partial charge is 0.188 e. The van der Waals surface area contributed by atoms with Crippen molar-refractivity contribution in [2.75, 3.05) is 13.9 Å². The van der Waals surface area contributed by atoms with Crippen molar-refractivity contribution in [3.8, 4) is 5.75 Å². The SMILES string of the molecule is COCOc1cc(Cl)c2c(c1)[nH]c1ccccc12. The predicted molar refractivity (Wildman–Crippen MR) is 73.3 cm³/mol. The van der Waals surface area contributed by atoms with Gasteiger partial charge in [0, 0.05) is 29.5 Å². The minimum Gasteiger partial charge on any atom is -0.467 e. The molecule has 0 spiro atoms. The number of halogens is 1. The van der Waals surface area contributed by atoms with Gasteiger partial charge in [-0.05, 0) is 12.1 Å². The summed E-state index contributed by atoms with van der Waals surface area (Å²) in [6.07, 6.45) is 0. The molecule has 0 aliphatic heterocycles. The van der Waals surface area contributed by atoms with Gasteiger partial charge >= 0.3 is 0 Å². The van der Waals surface area contributed by atoms with Crippen LogP contribution in [0.25, 0.3) is 21.8 Å². The number of hydrogen-bond donors (Lipinski definition) is 1. The number of benzene rings is 2. The molecule has 0 fully saturated rings. The molecule has 0 saturated heterocycles. The largest absolute Gasteiger partial charge is 0.467 e. The van der Waals surface area contributed by atoms with Gasteiger partial charge in [-0.1, -0.05) is 29.8 Å². The van der Waals surface area contributed by atoms with E-state index in [2.05, 4.69) is 11.1 Å². The van der Waals surface area contributed by atoms with Crippen LogP contribution in [0.3, 0.4) is 0 Å². The van der Waals surface area contributed by atoms with Crippen LogP contribution in [-0.2, 0) is 4.74 Å². The molecular formula is C14H12ClNO2. The van der Waals surface area contributed by atoms with Gasteiger partial charge in [0.05, 0.1) is 10.5 Å². The van der Waals surface area contributed by atoms with Crippen molar-refractivity contribution in [2.24, 2.45) is 0 Å². The van der Waals surface area contributed by atoms with E-state index in [0.29, 0.717) is 10.8 Å². The van der Waals surface area contributed by atoms with Crippen LogP contribution in [0.5, 0.6) is 5.75 Å². The quantitative estimate of drug-likeness (QED) is 0.724. The number of rotatable bonds is 3. The van der Waals surface area contributed by atoms with Crippen molar-refractivity contribution in [1.29, 1.82) is 0 Å². The van der Waals surface area contributed by atoms with Gasteiger partial charge in [-0.3, -0.25) is 0 Å². The number of fused-ring (bicyclic) bond motifs is 3. The van der Waals surface area contributed by atoms with Gasteiger partial charge in [0.2, 0.25) is 0 Å². The summed E-state index contributed by atoms with van der Waals surface area (Å²) >= 11 is 6.32. The van der Waals surface area contributed by atoms with Gasteiger partial charge in [-0.25, -0.2) is 0 Å². The van der Waals surface area contributed by atoms with Crippen LogP contribution in [0, 0.1) is 0 Å². The molecule has 18 heavy (non-hydrogen) atoms. The molecule has 0 aliphatic carbocycles. The molecule has 1 aromatic heterocycles. The summed E-state index contributed by atoms with van der Waals surface area (Å²) in [4.78, 5) is 3.33. The van der Waals surface area contributed by atoms with Crippen LogP contribution in [0.15, 0.2) is 36.4 Å². The first-order valence-corrected chi connectivity index (χ1v) is 5.99. The van der Waals surface area contributed by atoms with E-state index < -0.39 is 0 Å². The lowest BCUT2D eigenvalue weighted by Gasteiger charge is -2.05. The third-order valence-corrected chi connectivity index (χ3v) is 3.17. The molecule has 0 saturated carbocycles. The number of aromatic nitrogens is 1. The first kappa shape index (κ1) is 11.4. The normalized spacial score (nSPS) is 11.2. The van der Waals surface area contributed by atoms with Crippen molar-refractivity contribution in [3.63, 3.8) is 0 Å². The number of H-pyrrole nitrogens is 1. The zero-order valence-electron chi connectivity index (χ0n) is 9.87. The Kier molecular flexibility index (Phi) is 2.86. The summed E-state index contributed by atoms with van der Waals surface area (Å²) in [5.74, 6) is 0.695. The van der Waals surface area contributed by atoms with Crippen LogP contribution in [0.4, 0.5) is 0 Å². The van der Waals surface area contributed by atoms with E-state index in [0.717, 1.165) is 21.8 Å². The minimum atomic E-state index is 0.210. The fraction of sp³-hybridized carbons (Fsp3) is 0.143. The standard InChI is InChI=1S/C14H12ClNO2/c1-17-8-18-9-6-11(15)14-10-4-2-3-5-12(10)16-13(14)7-9/h2-7,16H,8H2,1H3. The van der Waals surface area contributed by atoms with E-state index in [1.807, 2.05) is 30.3 Å². The lowest BCUT2D eigenvalue weighted by molar-refractivity contribution is 0.0512. The monoisotopic (exact) mass is 261 g/mol. The second-order valence-corrected chi connectivity index (χ2v) is 4.46. The Labute approximate surface area is 109 Å². The van der Waals surface area contributed by atoms with Crippen LogP contribution in [-0.4, -0.2) is 18.9 Å². The molecule has 3 nitrogen and oxygen atoms in total. The lowest BCUT2D eigenvalue weighted by atomic mass is 10.1. The van der Waals surface area contributed by atoms with E-state index in [-0.39, 0.29) is 6.79 Å². The summed E-state index contributed by atoms with van der Waals surface area (Å²) in [6.45, 7) is 0.210. The molecule has 4 heteroatoms. The van der Waals surface area contributed by atoms with Gasteiger partial charge in [0.15, 0.2) is 6.79 Å². The Morgan fingerprint density at radius 3 is 2.83 bits per heavy atom. The molecule has 0 radical (unpaired) electrons. The second kappa shape index (κ2) is 4.52. The first-order chi connectivity index (χ1) is 8.79. The van der Waals surface area contributed by atoms with Gasteiger partial charge in [-0.15, -0.1) is 0 Å². The van der Waals surface area contributed by atoms with Gasteiger partial charge in [0.1, 0.15) is 5.75 Å². The molecule has 2 aromatic carbocycles. The summed E-state index contributed by atoms with van der Waals surface area (Å²) in [5, 5.41) is 2.82. The molecular weight excluding hydrogens is 250 g/mol. The molecule has 3 rings (SSSR count). The third kappa shape index (κ3) is 1.82. The molecule has 3 aromatic rings. The van der Waals surface area contributed by atoms with Crippen molar-refractivity contribution in [3.05, 3.63) is 41.4 Å². The molecule has 0 amide bonds. The Hall–Kier alpha value is -1.71. The van der Waals surface area contributed by atoms with E-state index in [1.54, 1.807) is 7.11 Å². The highest BCUT2D eigenvalue weighted by Gasteiger charge is 2.09. The number of para-hydroxylation sites is 1. The summed E-state index contributed by atoms with van der Waals surface area (Å²) in [6, 6.07) is 11.8. The molecule has 1 heterocycles. The van der Waals surface area contributed by atoms with Crippen LogP contribution in [0.1, 0.15) is 0 Å². The maximum absolute atomic E-state index is 6.32. The fourth-order valence-electron chi connectivity index (χ4n) is 2.12. The molecule has 92 valence electrons. The zero-order valence-corrected chi connectivity index (χ0v) is 10.6. The van der Waals surface area contributed by atoms with Crippen LogP contribution in [0.2, 0.25) is 5.02 Å². The Bertz CT molecular complexity index is 705. The Balaban J connectivity index is 2.22. The maximum Gasteiger partial charge on any atom is 0.188 e. The van der Waals surface area contributed by atoms with Gasteiger partial charge in [-0.2, -0.15) is 0 Å². The Morgan fingerprint density at radius 2 is 2.00 bits per heavy atom. The van der Waals surface area contributed by atoms with Crippen LogP contribution >= 0.6 is 11.6 Å². The number of hydrogen-bond acceptors (Lipinski definition) is 2. The average molecular weight is 262 g/mol. The number of aromatic amines is 1. The number of nitrogens with one attached hydrogen (secondary N) is 1. The maximum atomic E-state index is 6.32. The molecule has 0 aliphatic rings. The molecule has 1 N–H and O–H groups in total. The third-order valence-electron chi connectivity index (χ3n) is 2.87. The van der Waals surface area contributed by atoms with E-state index in [9.17, 15) is 0 Å². The van der Waals surface area contributed by atoms with E-state index in [4.69, 9.17) is 21.1 Å². The highest BCUT2D eigenvalue weighted by atomic mass is 35.5. The topological polar surface area (TPSA) is 34.2 Å². The van der Waals surface area contributed by atoms with Gasteiger partial charge in [0.25, 0.3) is 0 Å². The van der Waals surface area contributed by atoms with Crippen LogP contribution < -0.4 is 4.74 Å². The highest BCUT2D eigenvalue weighted by molar-refractivity contribution is 6.38. The minimum absolute atomic E-state index is 0.210. The second-order valence-electron chi connectivity index (χ2n) is 4.05. The molecule has 0 unspecified atom stereocenters. The van der Waals surface area contributed by atoms with Crippen molar-refractivity contribution in [2.45, 2.75) is 0 Å². The van der Waals surface area contributed by atoms with Crippen molar-refractivity contribution < 1.29 is 9.47 Å². The highest BCUT2D eigenvalue weighted by Crippen LogP contribution is 2.34.